The van der Waals surface area contributed by atoms with Gasteiger partial charge in [0.25, 0.3) is 0 Å². The van der Waals surface area contributed by atoms with Gasteiger partial charge in [-0.2, -0.15) is 0 Å². The first-order valence-corrected chi connectivity index (χ1v) is 8.68. The Kier molecular flexibility index (Phi) is 3.57. The summed E-state index contributed by atoms with van der Waals surface area (Å²) in [6, 6.07) is 12.2. The van der Waals surface area contributed by atoms with Crippen LogP contribution < -0.4 is 4.35 Å². The van der Waals surface area contributed by atoms with Gasteiger partial charge in [0.2, 0.25) is 0 Å². The molecule has 6 nitrogen and oxygen atoms in total. The average Bonchev–Trinajstić information content (AvgIpc) is 2.38. The molecule has 0 aromatic heterocycles. The molecule has 0 saturated carbocycles. The molecule has 2 rings (SSSR count). The van der Waals surface area contributed by atoms with Crippen LogP contribution in [0, 0.1) is 10.1 Å². The number of hydrogen-bond donors (Lipinski definition) is 2. The van der Waals surface area contributed by atoms with E-state index in [0.717, 1.165) is 6.07 Å². The Bertz CT molecular complexity index is 665. The fourth-order valence-corrected chi connectivity index (χ4v) is 3.45. The molecule has 2 aromatic rings. The van der Waals surface area contributed by atoms with Gasteiger partial charge in [-0.25, -0.2) is 0 Å². The first-order chi connectivity index (χ1) is 8.89. The van der Waals surface area contributed by atoms with Crippen molar-refractivity contribution >= 4 is 24.2 Å². The zero-order chi connectivity index (χ0) is 14.0. The van der Waals surface area contributed by atoms with Crippen LogP contribution in [-0.4, -0.2) is 27.3 Å². The predicted molar refractivity (Wildman–Crippen MR) is 69.0 cm³/mol. The number of nitrogens with zero attached hydrogens (tertiary/aromatic N) is 1. The van der Waals surface area contributed by atoms with E-state index in [1.165, 1.54) is 12.1 Å². The SMILES string of the molecule is O=[N+]([O-])c1ccc(-c2ccccc2)c([As](=O)(O)O)c1. The Morgan fingerprint density at radius 1 is 1.05 bits per heavy atom. The predicted octanol–water partition coefficient (Wildman–Crippen LogP) is 0.823. The molecule has 0 aliphatic carbocycles. The van der Waals surface area contributed by atoms with E-state index in [-0.39, 0.29) is 10.0 Å². The van der Waals surface area contributed by atoms with Gasteiger partial charge in [-0.1, -0.05) is 0 Å². The van der Waals surface area contributed by atoms with Gasteiger partial charge in [0.1, 0.15) is 0 Å². The van der Waals surface area contributed by atoms with Gasteiger partial charge >= 0.3 is 111 Å². The van der Waals surface area contributed by atoms with Gasteiger partial charge in [-0.3, -0.25) is 0 Å². The van der Waals surface area contributed by atoms with E-state index in [1.807, 2.05) is 0 Å². The first kappa shape index (κ1) is 13.5. The van der Waals surface area contributed by atoms with Gasteiger partial charge in [0.15, 0.2) is 0 Å². The molecule has 0 radical (unpaired) electrons. The molecule has 0 aliphatic heterocycles. The number of rotatable bonds is 3. The zero-order valence-corrected chi connectivity index (χ0v) is 11.5. The van der Waals surface area contributed by atoms with Crippen molar-refractivity contribution in [2.45, 2.75) is 0 Å². The van der Waals surface area contributed by atoms with E-state index >= 15 is 0 Å². The summed E-state index contributed by atoms with van der Waals surface area (Å²) in [5.41, 5.74) is 0.593. The van der Waals surface area contributed by atoms with Crippen molar-refractivity contribution in [3.63, 3.8) is 0 Å². The third kappa shape index (κ3) is 2.93. The maximum absolute atomic E-state index is 11.5. The van der Waals surface area contributed by atoms with E-state index in [0.29, 0.717) is 11.1 Å². The average molecular weight is 323 g/mol. The van der Waals surface area contributed by atoms with Crippen molar-refractivity contribution in [3.8, 4) is 11.1 Å². The Balaban J connectivity index is 2.68. The maximum atomic E-state index is 11.5. The van der Waals surface area contributed by atoms with E-state index in [2.05, 4.69) is 0 Å². The molecule has 98 valence electrons. The molecular formula is C12H10AsNO5. The standard InChI is InChI=1S/C12H10AsNO5/c15-13(16,17)12-8-10(14(18)19)6-7-11(12)9-4-2-1-3-5-9/h1-8H,(H2,15,16,17). The van der Waals surface area contributed by atoms with Crippen molar-refractivity contribution in [2.24, 2.45) is 0 Å². The van der Waals surface area contributed by atoms with Crippen LogP contribution in [0.3, 0.4) is 0 Å². The van der Waals surface area contributed by atoms with Gasteiger partial charge < -0.3 is 0 Å². The van der Waals surface area contributed by atoms with Gasteiger partial charge in [0.05, 0.1) is 0 Å². The Hall–Kier alpha value is -1.88. The summed E-state index contributed by atoms with van der Waals surface area (Å²) in [5.74, 6) is 0. The molecule has 0 bridgehead atoms. The van der Waals surface area contributed by atoms with Crippen molar-refractivity contribution in [1.82, 2.24) is 0 Å². The Morgan fingerprint density at radius 3 is 2.21 bits per heavy atom. The molecule has 0 fully saturated rings. The van der Waals surface area contributed by atoms with Crippen molar-refractivity contribution in [2.75, 3.05) is 0 Å². The van der Waals surface area contributed by atoms with Crippen molar-refractivity contribution in [3.05, 3.63) is 58.6 Å². The van der Waals surface area contributed by atoms with Crippen LogP contribution in [0.1, 0.15) is 0 Å². The molecule has 0 spiro atoms. The normalized spacial score (nSPS) is 11.3. The molecule has 0 heterocycles. The summed E-state index contributed by atoms with van der Waals surface area (Å²) in [5, 5.41) is 10.7. The number of benzene rings is 2. The molecule has 0 aliphatic rings. The Morgan fingerprint density at radius 2 is 1.68 bits per heavy atom. The molecule has 19 heavy (non-hydrogen) atoms. The quantitative estimate of drug-likeness (QED) is 0.495. The molecule has 0 saturated heterocycles. The number of nitro groups is 1. The van der Waals surface area contributed by atoms with Crippen LogP contribution in [-0.2, 0) is 3.74 Å². The van der Waals surface area contributed by atoms with Crippen LogP contribution in [0.4, 0.5) is 5.69 Å². The van der Waals surface area contributed by atoms with Crippen LogP contribution in [0.15, 0.2) is 48.5 Å². The number of non-ortho nitro benzene ring substituents is 1. The van der Waals surface area contributed by atoms with Gasteiger partial charge in [0, 0.05) is 0 Å². The van der Waals surface area contributed by atoms with Crippen LogP contribution in [0.5, 0.6) is 0 Å². The summed E-state index contributed by atoms with van der Waals surface area (Å²) in [4.78, 5) is 10.0. The van der Waals surface area contributed by atoms with Crippen LogP contribution in [0.2, 0.25) is 0 Å². The summed E-state index contributed by atoms with van der Waals surface area (Å²) >= 11 is -5.25. The zero-order valence-electron chi connectivity index (χ0n) is 9.63. The van der Waals surface area contributed by atoms with E-state index in [1.54, 1.807) is 30.3 Å². The third-order valence-corrected chi connectivity index (χ3v) is 4.68. The van der Waals surface area contributed by atoms with E-state index in [9.17, 15) is 22.0 Å². The molecule has 2 aromatic carbocycles. The third-order valence-electron chi connectivity index (χ3n) is 2.59. The van der Waals surface area contributed by atoms with E-state index < -0.39 is 19.1 Å². The second-order valence-corrected chi connectivity index (χ2v) is 7.16. The van der Waals surface area contributed by atoms with Crippen molar-refractivity contribution < 1.29 is 16.9 Å². The Labute approximate surface area is 111 Å². The topological polar surface area (TPSA) is 101 Å². The van der Waals surface area contributed by atoms with Crippen LogP contribution in [0.25, 0.3) is 11.1 Å². The van der Waals surface area contributed by atoms with Crippen molar-refractivity contribution in [1.29, 1.82) is 0 Å². The fourth-order valence-electron chi connectivity index (χ4n) is 1.74. The monoisotopic (exact) mass is 323 g/mol. The molecule has 0 unspecified atom stereocenters. The van der Waals surface area contributed by atoms with Gasteiger partial charge in [-0.15, -0.1) is 0 Å². The molecule has 7 heteroatoms. The number of nitro benzene ring substituents is 1. The minimum atomic E-state index is -5.25. The van der Waals surface area contributed by atoms with E-state index in [4.69, 9.17) is 0 Å². The molecule has 2 N–H and O–H groups in total. The molecular weight excluding hydrogens is 313 g/mol. The minimum absolute atomic E-state index is 0.279. The first-order valence-electron chi connectivity index (χ1n) is 5.29. The summed E-state index contributed by atoms with van der Waals surface area (Å²) < 4.78 is 30.0. The molecule has 0 atom stereocenters. The summed E-state index contributed by atoms with van der Waals surface area (Å²) in [7, 11) is 0. The van der Waals surface area contributed by atoms with Gasteiger partial charge in [-0.05, 0) is 0 Å². The summed E-state index contributed by atoms with van der Waals surface area (Å²) in [6.45, 7) is 0. The fraction of sp³-hybridized carbons (Fsp3) is 0. The van der Waals surface area contributed by atoms with Crippen LogP contribution >= 0.6 is 0 Å². The second kappa shape index (κ2) is 5.01. The molecule has 0 amide bonds. The second-order valence-electron chi connectivity index (χ2n) is 3.87. The number of hydrogen-bond acceptors (Lipinski definition) is 3. The summed E-state index contributed by atoms with van der Waals surface area (Å²) in [6.07, 6.45) is 0.